The second kappa shape index (κ2) is 7.49. The Balaban J connectivity index is 0.00000144. The van der Waals surface area contributed by atoms with Crippen molar-refractivity contribution in [3.8, 4) is 0 Å². The third-order valence-electron chi connectivity index (χ3n) is 3.69. The lowest BCUT2D eigenvalue weighted by Gasteiger charge is -2.28. The Hall–Kier alpha value is 0.0700. The van der Waals surface area contributed by atoms with Crippen LogP contribution in [0.2, 0.25) is 0 Å². The van der Waals surface area contributed by atoms with Gasteiger partial charge >= 0.3 is 0 Å². The van der Waals surface area contributed by atoms with Gasteiger partial charge < -0.3 is 10.2 Å². The summed E-state index contributed by atoms with van der Waals surface area (Å²) in [6.07, 6.45) is 5.67. The van der Waals surface area contributed by atoms with E-state index in [1.807, 2.05) is 23.7 Å². The van der Waals surface area contributed by atoms with Crippen molar-refractivity contribution >= 4 is 30.1 Å². The van der Waals surface area contributed by atoms with E-state index in [1.165, 1.54) is 31.4 Å². The smallest absolute Gasteiger partial charge is 0.224 e. The summed E-state index contributed by atoms with van der Waals surface area (Å²) in [5.41, 5.74) is 0. The Kier molecular flexibility index (Phi) is 6.67. The molecule has 0 radical (unpaired) electrons. The summed E-state index contributed by atoms with van der Waals surface area (Å²) < 4.78 is 0. The van der Waals surface area contributed by atoms with Crippen LogP contribution in [0.5, 0.6) is 0 Å². The standard InChI is InChI=1S/C12H22N2OS.ClH/c1-14(11-4-2-3-5-11)12(15)8-10-9-16-7-6-13-10;/h10-11,13H,2-9H2,1H3;1H. The first-order valence-electron chi connectivity index (χ1n) is 6.34. The van der Waals surface area contributed by atoms with Crippen molar-refractivity contribution in [1.82, 2.24) is 10.2 Å². The first-order valence-corrected chi connectivity index (χ1v) is 7.49. The summed E-state index contributed by atoms with van der Waals surface area (Å²) >= 11 is 1.96. The van der Waals surface area contributed by atoms with Gasteiger partial charge in [0.2, 0.25) is 5.91 Å². The number of nitrogens with one attached hydrogen (secondary N) is 1. The van der Waals surface area contributed by atoms with Gasteiger partial charge in [-0.1, -0.05) is 12.8 Å². The molecule has 2 aliphatic rings. The molecule has 0 aromatic heterocycles. The highest BCUT2D eigenvalue weighted by Crippen LogP contribution is 2.23. The van der Waals surface area contributed by atoms with Crippen molar-refractivity contribution in [1.29, 1.82) is 0 Å². The molecule has 1 unspecified atom stereocenters. The van der Waals surface area contributed by atoms with Gasteiger partial charge in [0, 0.05) is 43.6 Å². The molecule has 0 bridgehead atoms. The number of amides is 1. The van der Waals surface area contributed by atoms with Crippen LogP contribution in [0.15, 0.2) is 0 Å². The van der Waals surface area contributed by atoms with Gasteiger partial charge in [-0.3, -0.25) is 4.79 Å². The molecule has 1 aliphatic heterocycles. The fraction of sp³-hybridized carbons (Fsp3) is 0.917. The largest absolute Gasteiger partial charge is 0.343 e. The maximum absolute atomic E-state index is 12.1. The van der Waals surface area contributed by atoms with Gasteiger partial charge in [-0.25, -0.2) is 0 Å². The normalized spacial score (nSPS) is 25.4. The van der Waals surface area contributed by atoms with Gasteiger partial charge in [0.1, 0.15) is 0 Å². The molecule has 1 N–H and O–H groups in total. The maximum Gasteiger partial charge on any atom is 0.224 e. The third-order valence-corrected chi connectivity index (χ3v) is 4.82. The average Bonchev–Trinajstić information content (AvgIpc) is 2.83. The fourth-order valence-electron chi connectivity index (χ4n) is 2.60. The van der Waals surface area contributed by atoms with Crippen LogP contribution >= 0.6 is 24.2 Å². The van der Waals surface area contributed by atoms with Gasteiger partial charge in [-0.2, -0.15) is 11.8 Å². The fourth-order valence-corrected chi connectivity index (χ4v) is 3.55. The number of nitrogens with zero attached hydrogens (tertiary/aromatic N) is 1. The van der Waals surface area contributed by atoms with Crippen LogP contribution < -0.4 is 5.32 Å². The summed E-state index contributed by atoms with van der Waals surface area (Å²) in [5, 5.41) is 3.43. The van der Waals surface area contributed by atoms with E-state index in [1.54, 1.807) is 0 Å². The molecule has 1 saturated heterocycles. The summed E-state index contributed by atoms with van der Waals surface area (Å²) in [6, 6.07) is 0.916. The minimum atomic E-state index is 0. The maximum atomic E-state index is 12.1. The lowest BCUT2D eigenvalue weighted by atomic mass is 10.1. The lowest BCUT2D eigenvalue weighted by molar-refractivity contribution is -0.132. The molecule has 2 rings (SSSR count). The van der Waals surface area contributed by atoms with Gasteiger partial charge in [-0.05, 0) is 12.8 Å². The van der Waals surface area contributed by atoms with Crippen molar-refractivity contribution in [2.75, 3.05) is 25.1 Å². The van der Waals surface area contributed by atoms with Crippen molar-refractivity contribution < 1.29 is 4.79 Å². The summed E-state index contributed by atoms with van der Waals surface area (Å²) in [7, 11) is 1.98. The van der Waals surface area contributed by atoms with Gasteiger partial charge in [0.05, 0.1) is 0 Å². The Morgan fingerprint density at radius 1 is 1.41 bits per heavy atom. The molecule has 3 nitrogen and oxygen atoms in total. The zero-order chi connectivity index (χ0) is 11.4. The molecule has 2 fully saturated rings. The highest BCUT2D eigenvalue weighted by molar-refractivity contribution is 7.99. The molecule has 1 heterocycles. The minimum absolute atomic E-state index is 0. The van der Waals surface area contributed by atoms with E-state index in [2.05, 4.69) is 5.32 Å². The highest BCUT2D eigenvalue weighted by atomic mass is 35.5. The number of halogens is 1. The van der Waals surface area contributed by atoms with Gasteiger partial charge in [0.25, 0.3) is 0 Å². The zero-order valence-electron chi connectivity index (χ0n) is 10.5. The van der Waals surface area contributed by atoms with Crippen LogP contribution in [0.4, 0.5) is 0 Å². The number of hydrogen-bond donors (Lipinski definition) is 1. The van der Waals surface area contributed by atoms with Crippen molar-refractivity contribution in [2.45, 2.75) is 44.2 Å². The van der Waals surface area contributed by atoms with E-state index in [0.29, 0.717) is 24.4 Å². The summed E-state index contributed by atoms with van der Waals surface area (Å²) in [6.45, 7) is 1.05. The molecule has 1 aliphatic carbocycles. The SMILES string of the molecule is CN(C(=O)CC1CSCCN1)C1CCCC1.Cl. The Labute approximate surface area is 114 Å². The van der Waals surface area contributed by atoms with E-state index >= 15 is 0 Å². The molecular formula is C12H23ClN2OS. The topological polar surface area (TPSA) is 32.3 Å². The molecule has 1 saturated carbocycles. The van der Waals surface area contributed by atoms with Crippen LogP contribution in [0.25, 0.3) is 0 Å². The van der Waals surface area contributed by atoms with E-state index in [9.17, 15) is 4.79 Å². The van der Waals surface area contributed by atoms with E-state index in [-0.39, 0.29) is 12.4 Å². The van der Waals surface area contributed by atoms with Crippen molar-refractivity contribution in [3.63, 3.8) is 0 Å². The van der Waals surface area contributed by atoms with E-state index in [4.69, 9.17) is 0 Å². The van der Waals surface area contributed by atoms with Gasteiger partial charge in [0.15, 0.2) is 0 Å². The van der Waals surface area contributed by atoms with E-state index in [0.717, 1.165) is 12.3 Å². The Bertz CT molecular complexity index is 241. The lowest BCUT2D eigenvalue weighted by Crippen LogP contribution is -2.43. The molecule has 0 aromatic rings. The summed E-state index contributed by atoms with van der Waals surface area (Å²) in [5.74, 6) is 2.60. The quantitative estimate of drug-likeness (QED) is 0.856. The number of carbonyl (C=O) groups excluding carboxylic acids is 1. The number of hydrogen-bond acceptors (Lipinski definition) is 3. The molecule has 5 heteroatoms. The van der Waals surface area contributed by atoms with Crippen LogP contribution in [0, 0.1) is 0 Å². The molecular weight excluding hydrogens is 256 g/mol. The first kappa shape index (κ1) is 15.1. The van der Waals surface area contributed by atoms with Crippen LogP contribution in [-0.4, -0.2) is 48.0 Å². The van der Waals surface area contributed by atoms with Crippen LogP contribution in [-0.2, 0) is 4.79 Å². The Morgan fingerprint density at radius 3 is 2.71 bits per heavy atom. The molecule has 17 heavy (non-hydrogen) atoms. The summed E-state index contributed by atoms with van der Waals surface area (Å²) in [4.78, 5) is 14.1. The highest BCUT2D eigenvalue weighted by Gasteiger charge is 2.25. The molecule has 100 valence electrons. The minimum Gasteiger partial charge on any atom is -0.343 e. The molecule has 0 aromatic carbocycles. The number of rotatable bonds is 3. The second-order valence-electron chi connectivity index (χ2n) is 4.87. The zero-order valence-corrected chi connectivity index (χ0v) is 12.1. The molecule has 1 amide bonds. The van der Waals surface area contributed by atoms with Crippen LogP contribution in [0.3, 0.4) is 0 Å². The average molecular weight is 279 g/mol. The van der Waals surface area contributed by atoms with Crippen LogP contribution in [0.1, 0.15) is 32.1 Å². The monoisotopic (exact) mass is 278 g/mol. The second-order valence-corrected chi connectivity index (χ2v) is 6.02. The Morgan fingerprint density at radius 2 is 2.12 bits per heavy atom. The predicted octanol–water partition coefficient (Wildman–Crippen LogP) is 1.90. The van der Waals surface area contributed by atoms with Crippen molar-refractivity contribution in [3.05, 3.63) is 0 Å². The van der Waals surface area contributed by atoms with Gasteiger partial charge in [-0.15, -0.1) is 12.4 Å². The molecule has 0 spiro atoms. The number of carbonyl (C=O) groups is 1. The number of thioether (sulfide) groups is 1. The van der Waals surface area contributed by atoms with E-state index < -0.39 is 0 Å². The van der Waals surface area contributed by atoms with Crippen molar-refractivity contribution in [2.24, 2.45) is 0 Å². The predicted molar refractivity (Wildman–Crippen MR) is 76.0 cm³/mol. The molecule has 1 atom stereocenters. The third kappa shape index (κ3) is 4.34. The first-order chi connectivity index (χ1) is 7.77.